The van der Waals surface area contributed by atoms with Crippen LogP contribution >= 0.6 is 0 Å². The van der Waals surface area contributed by atoms with Crippen molar-refractivity contribution in [3.05, 3.63) is 107 Å². The molecule has 1 amide bonds. The third-order valence-electron chi connectivity index (χ3n) is 4.86. The number of amides is 1. The van der Waals surface area contributed by atoms with E-state index in [0.717, 1.165) is 5.56 Å². The maximum Gasteiger partial charge on any atom is 0.328 e. The summed E-state index contributed by atoms with van der Waals surface area (Å²) >= 11 is 0. The molecule has 0 saturated carbocycles. The maximum absolute atomic E-state index is 12.5. The summed E-state index contributed by atoms with van der Waals surface area (Å²) in [6.45, 7) is 0. The Bertz CT molecular complexity index is 1030. The van der Waals surface area contributed by atoms with Crippen LogP contribution in [-0.2, 0) is 20.7 Å². The highest BCUT2D eigenvalue weighted by Crippen LogP contribution is 2.15. The van der Waals surface area contributed by atoms with Crippen molar-refractivity contribution >= 4 is 17.7 Å². The van der Waals surface area contributed by atoms with Gasteiger partial charge >= 0.3 is 5.97 Å². The molecule has 2 atom stereocenters. The second-order valence-electron chi connectivity index (χ2n) is 6.99. The molecule has 0 spiro atoms. The molecule has 0 unspecified atom stereocenters. The van der Waals surface area contributed by atoms with E-state index >= 15 is 0 Å². The third-order valence-corrected chi connectivity index (χ3v) is 4.86. The lowest BCUT2D eigenvalue weighted by atomic mass is 9.99. The van der Waals surface area contributed by atoms with Crippen LogP contribution in [0.3, 0.4) is 0 Å². The fourth-order valence-corrected chi connectivity index (χ4v) is 3.16. The predicted molar refractivity (Wildman–Crippen MR) is 115 cm³/mol. The highest BCUT2D eigenvalue weighted by Gasteiger charge is 2.26. The molecule has 0 saturated heterocycles. The molecule has 158 valence electrons. The monoisotopic (exact) mass is 417 g/mol. The van der Waals surface area contributed by atoms with E-state index < -0.39 is 24.0 Å². The number of ether oxygens (including phenoxy) is 1. The molecule has 0 heterocycles. The van der Waals surface area contributed by atoms with Gasteiger partial charge in [0.25, 0.3) is 5.91 Å². The number of hydrogen-bond donors (Lipinski definition) is 2. The van der Waals surface area contributed by atoms with Gasteiger partial charge in [-0.05, 0) is 11.1 Å². The Labute approximate surface area is 180 Å². The summed E-state index contributed by atoms with van der Waals surface area (Å²) < 4.78 is 4.80. The molecular weight excluding hydrogens is 394 g/mol. The molecule has 6 heteroatoms. The van der Waals surface area contributed by atoms with Crippen LogP contribution in [0.2, 0.25) is 0 Å². The SMILES string of the molecule is COC(=O)[C@H](Cc1ccc(C(=O)c2ccccc2)cc1)NC(=O)[C@@H](O)c1ccccc1. The Hall–Kier alpha value is -3.77. The largest absolute Gasteiger partial charge is 0.467 e. The number of benzene rings is 3. The summed E-state index contributed by atoms with van der Waals surface area (Å²) in [6.07, 6.45) is -1.25. The van der Waals surface area contributed by atoms with Crippen molar-refractivity contribution in [3.63, 3.8) is 0 Å². The first kappa shape index (κ1) is 21.9. The Morgan fingerprint density at radius 1 is 0.839 bits per heavy atom. The average Bonchev–Trinajstić information content (AvgIpc) is 2.83. The first-order valence-electron chi connectivity index (χ1n) is 9.79. The summed E-state index contributed by atoms with van der Waals surface area (Å²) in [5, 5.41) is 12.8. The van der Waals surface area contributed by atoms with Crippen molar-refractivity contribution in [2.24, 2.45) is 0 Å². The van der Waals surface area contributed by atoms with Crippen molar-refractivity contribution in [3.8, 4) is 0 Å². The van der Waals surface area contributed by atoms with Gasteiger partial charge in [-0.1, -0.05) is 84.9 Å². The van der Waals surface area contributed by atoms with Crippen molar-refractivity contribution in [2.75, 3.05) is 7.11 Å². The van der Waals surface area contributed by atoms with Gasteiger partial charge in [0.05, 0.1) is 7.11 Å². The van der Waals surface area contributed by atoms with Gasteiger partial charge in [-0.2, -0.15) is 0 Å². The van der Waals surface area contributed by atoms with Gasteiger partial charge in [-0.3, -0.25) is 9.59 Å². The van der Waals surface area contributed by atoms with Crippen molar-refractivity contribution in [1.82, 2.24) is 5.32 Å². The number of nitrogens with one attached hydrogen (secondary N) is 1. The molecule has 0 aliphatic heterocycles. The molecule has 3 aromatic rings. The molecule has 0 aromatic heterocycles. The first-order valence-corrected chi connectivity index (χ1v) is 9.79. The summed E-state index contributed by atoms with van der Waals surface area (Å²) in [7, 11) is 1.23. The Balaban J connectivity index is 1.70. The molecule has 0 aliphatic rings. The van der Waals surface area contributed by atoms with Crippen LogP contribution < -0.4 is 5.32 Å². The number of carbonyl (C=O) groups is 3. The molecule has 3 aromatic carbocycles. The van der Waals surface area contributed by atoms with Crippen molar-refractivity contribution in [2.45, 2.75) is 18.6 Å². The lowest BCUT2D eigenvalue weighted by Crippen LogP contribution is -2.45. The summed E-state index contributed by atoms with van der Waals surface area (Å²) in [4.78, 5) is 37.2. The van der Waals surface area contributed by atoms with E-state index in [4.69, 9.17) is 4.74 Å². The van der Waals surface area contributed by atoms with Gasteiger partial charge in [0, 0.05) is 17.5 Å². The van der Waals surface area contributed by atoms with Gasteiger partial charge in [0.1, 0.15) is 6.04 Å². The zero-order valence-corrected chi connectivity index (χ0v) is 17.0. The summed E-state index contributed by atoms with van der Waals surface area (Å²) in [5.74, 6) is -1.42. The van der Waals surface area contributed by atoms with Crippen molar-refractivity contribution < 1.29 is 24.2 Å². The average molecular weight is 417 g/mol. The molecular formula is C25H23NO5. The van der Waals surface area contributed by atoms with Crippen LogP contribution in [0.4, 0.5) is 0 Å². The Morgan fingerprint density at radius 3 is 1.97 bits per heavy atom. The number of hydrogen-bond acceptors (Lipinski definition) is 5. The lowest BCUT2D eigenvalue weighted by molar-refractivity contribution is -0.146. The van der Waals surface area contributed by atoms with Crippen LogP contribution in [0.15, 0.2) is 84.9 Å². The van der Waals surface area contributed by atoms with Gasteiger partial charge in [-0.15, -0.1) is 0 Å². The summed E-state index contributed by atoms with van der Waals surface area (Å²) in [5.41, 5.74) is 2.26. The van der Waals surface area contributed by atoms with Crippen LogP contribution in [0, 0.1) is 0 Å². The van der Waals surface area contributed by atoms with E-state index in [9.17, 15) is 19.5 Å². The number of rotatable bonds is 8. The fourth-order valence-electron chi connectivity index (χ4n) is 3.16. The predicted octanol–water partition coefficient (Wildman–Crippen LogP) is 2.85. The molecule has 2 N–H and O–H groups in total. The molecule has 6 nitrogen and oxygen atoms in total. The number of ketones is 1. The van der Waals surface area contributed by atoms with E-state index in [0.29, 0.717) is 16.7 Å². The zero-order chi connectivity index (χ0) is 22.2. The third kappa shape index (κ3) is 5.65. The molecule has 0 fully saturated rings. The van der Waals surface area contributed by atoms with E-state index in [1.807, 2.05) is 6.07 Å². The normalized spacial score (nSPS) is 12.5. The Kier molecular flexibility index (Phi) is 7.30. The first-order chi connectivity index (χ1) is 15.0. The highest BCUT2D eigenvalue weighted by molar-refractivity contribution is 6.08. The van der Waals surface area contributed by atoms with Crippen LogP contribution in [0.25, 0.3) is 0 Å². The standard InChI is InChI=1S/C25H23NO5/c1-31-25(30)21(26-24(29)23(28)19-10-6-3-7-11-19)16-17-12-14-20(15-13-17)22(27)18-8-4-2-5-9-18/h2-15,21,23,28H,16H2,1H3,(H,26,29)/t21-,23-/m0/s1. The van der Waals surface area contributed by atoms with E-state index in [1.54, 1.807) is 78.9 Å². The van der Waals surface area contributed by atoms with Gasteiger partial charge < -0.3 is 15.2 Å². The van der Waals surface area contributed by atoms with Crippen LogP contribution in [-0.4, -0.2) is 35.9 Å². The zero-order valence-electron chi connectivity index (χ0n) is 17.0. The van der Waals surface area contributed by atoms with Crippen LogP contribution in [0.1, 0.15) is 33.2 Å². The molecule has 0 bridgehead atoms. The topological polar surface area (TPSA) is 92.7 Å². The van der Waals surface area contributed by atoms with E-state index in [-0.39, 0.29) is 12.2 Å². The number of esters is 1. The number of carbonyl (C=O) groups excluding carboxylic acids is 3. The Morgan fingerprint density at radius 2 is 1.39 bits per heavy atom. The minimum absolute atomic E-state index is 0.101. The number of aliphatic hydroxyl groups excluding tert-OH is 1. The smallest absolute Gasteiger partial charge is 0.328 e. The van der Waals surface area contributed by atoms with Gasteiger partial charge in [0.15, 0.2) is 11.9 Å². The van der Waals surface area contributed by atoms with E-state index in [2.05, 4.69) is 5.32 Å². The van der Waals surface area contributed by atoms with Crippen molar-refractivity contribution in [1.29, 1.82) is 0 Å². The second kappa shape index (κ2) is 10.3. The molecule has 31 heavy (non-hydrogen) atoms. The second-order valence-corrected chi connectivity index (χ2v) is 6.99. The maximum atomic E-state index is 12.5. The molecule has 0 aliphatic carbocycles. The van der Waals surface area contributed by atoms with E-state index in [1.165, 1.54) is 7.11 Å². The van der Waals surface area contributed by atoms with Crippen LogP contribution in [0.5, 0.6) is 0 Å². The molecule has 0 radical (unpaired) electrons. The van der Waals surface area contributed by atoms with Gasteiger partial charge in [-0.25, -0.2) is 4.79 Å². The lowest BCUT2D eigenvalue weighted by Gasteiger charge is -2.19. The fraction of sp³-hybridized carbons (Fsp3) is 0.160. The summed E-state index contributed by atoms with van der Waals surface area (Å²) in [6, 6.07) is 23.2. The minimum atomic E-state index is -1.40. The quantitative estimate of drug-likeness (QED) is 0.434. The molecule has 3 rings (SSSR count). The van der Waals surface area contributed by atoms with Gasteiger partial charge in [0.2, 0.25) is 0 Å². The minimum Gasteiger partial charge on any atom is -0.467 e. The number of methoxy groups -OCH3 is 1. The number of aliphatic hydroxyl groups is 1. The highest BCUT2D eigenvalue weighted by atomic mass is 16.5.